The number of aromatic nitrogens is 2. The summed E-state index contributed by atoms with van der Waals surface area (Å²) in [5.74, 6) is 2.45. The lowest BCUT2D eigenvalue weighted by Gasteiger charge is -2.52. The number of nitrogens with zero attached hydrogens (tertiary/aromatic N) is 3. The van der Waals surface area contributed by atoms with E-state index in [1.165, 1.54) is 38.8 Å². The highest BCUT2D eigenvalue weighted by atomic mass is 32.2. The first-order valence-corrected chi connectivity index (χ1v) is 12.1. The van der Waals surface area contributed by atoms with Gasteiger partial charge in [0.2, 0.25) is 0 Å². The molecule has 1 saturated heterocycles. The van der Waals surface area contributed by atoms with Gasteiger partial charge in [-0.1, -0.05) is 11.8 Å². The standard InChI is InChI=1S/C23H33N5O2S/c1-28-7-5-23(6-8-28)12-18(13-23)26-21-16(15-25-22(27-21)31-4)14-24-17-9-19(29-2)11-20(10-17)30-3/h9-11,15,18,24H,5-8,12-14H2,1-4H3,(H,25,26,27). The molecule has 0 bridgehead atoms. The Kier molecular flexibility index (Phi) is 6.77. The quantitative estimate of drug-likeness (QED) is 0.466. The van der Waals surface area contributed by atoms with Crippen LogP contribution >= 0.6 is 11.8 Å². The molecule has 2 heterocycles. The van der Waals surface area contributed by atoms with Crippen molar-refractivity contribution in [3.63, 3.8) is 0 Å². The van der Waals surface area contributed by atoms with E-state index in [0.29, 0.717) is 18.0 Å². The van der Waals surface area contributed by atoms with E-state index in [-0.39, 0.29) is 0 Å². The van der Waals surface area contributed by atoms with Gasteiger partial charge in [-0.2, -0.15) is 0 Å². The van der Waals surface area contributed by atoms with E-state index in [4.69, 9.17) is 14.5 Å². The summed E-state index contributed by atoms with van der Waals surface area (Å²) >= 11 is 1.57. The fourth-order valence-electron chi connectivity index (χ4n) is 4.63. The molecular formula is C23H33N5O2S. The number of hydrogen-bond acceptors (Lipinski definition) is 8. The highest BCUT2D eigenvalue weighted by Gasteiger charge is 2.45. The molecule has 1 aromatic heterocycles. The van der Waals surface area contributed by atoms with E-state index < -0.39 is 0 Å². The van der Waals surface area contributed by atoms with Gasteiger partial charge >= 0.3 is 0 Å². The van der Waals surface area contributed by atoms with Gasteiger partial charge in [0.25, 0.3) is 0 Å². The van der Waals surface area contributed by atoms with Gasteiger partial charge in [-0.25, -0.2) is 9.97 Å². The van der Waals surface area contributed by atoms with Crippen molar-refractivity contribution in [1.82, 2.24) is 14.9 Å². The van der Waals surface area contributed by atoms with Crippen LogP contribution in [0, 0.1) is 5.41 Å². The van der Waals surface area contributed by atoms with Crippen LogP contribution in [0.25, 0.3) is 0 Å². The monoisotopic (exact) mass is 443 g/mol. The number of rotatable bonds is 8. The SMILES string of the molecule is COc1cc(NCc2cnc(SC)nc2NC2CC3(CCN(C)CC3)C2)cc(OC)c1. The van der Waals surface area contributed by atoms with E-state index in [1.807, 2.05) is 30.7 Å². The number of likely N-dealkylation sites (tertiary alicyclic amines) is 1. The van der Waals surface area contributed by atoms with Crippen molar-refractivity contribution in [3.05, 3.63) is 30.0 Å². The van der Waals surface area contributed by atoms with Crippen molar-refractivity contribution < 1.29 is 9.47 Å². The first kappa shape index (κ1) is 22.0. The van der Waals surface area contributed by atoms with Gasteiger partial charge < -0.3 is 25.0 Å². The van der Waals surface area contributed by atoms with E-state index in [2.05, 4.69) is 27.6 Å². The maximum atomic E-state index is 5.38. The van der Waals surface area contributed by atoms with Crippen LogP contribution in [0.1, 0.15) is 31.2 Å². The number of nitrogens with one attached hydrogen (secondary N) is 2. The summed E-state index contributed by atoms with van der Waals surface area (Å²) in [6.45, 7) is 3.06. The van der Waals surface area contributed by atoms with Gasteiger partial charge in [-0.3, -0.25) is 0 Å². The zero-order valence-electron chi connectivity index (χ0n) is 18.9. The van der Waals surface area contributed by atoms with Gasteiger partial charge in [-0.15, -0.1) is 0 Å². The van der Waals surface area contributed by atoms with Crippen molar-refractivity contribution in [2.45, 2.75) is 43.4 Å². The van der Waals surface area contributed by atoms with Crippen LogP contribution in [0.2, 0.25) is 0 Å². The molecular weight excluding hydrogens is 410 g/mol. The molecule has 7 nitrogen and oxygen atoms in total. The van der Waals surface area contributed by atoms with Gasteiger partial charge in [-0.05, 0) is 57.5 Å². The van der Waals surface area contributed by atoms with E-state index in [1.54, 1.807) is 26.0 Å². The molecule has 4 rings (SSSR count). The van der Waals surface area contributed by atoms with E-state index in [9.17, 15) is 0 Å². The highest BCUT2D eigenvalue weighted by Crippen LogP contribution is 2.49. The summed E-state index contributed by atoms with van der Waals surface area (Å²) in [7, 11) is 5.54. The molecule has 1 aromatic carbocycles. The number of thioether (sulfide) groups is 1. The molecule has 2 N–H and O–H groups in total. The van der Waals surface area contributed by atoms with Crippen LogP contribution in [-0.4, -0.2) is 61.5 Å². The number of benzene rings is 1. The molecule has 2 aliphatic rings. The molecule has 0 radical (unpaired) electrons. The molecule has 1 aliphatic heterocycles. The minimum Gasteiger partial charge on any atom is -0.497 e. The Bertz CT molecular complexity index is 871. The van der Waals surface area contributed by atoms with Gasteiger partial charge in [0, 0.05) is 48.2 Å². The van der Waals surface area contributed by atoms with E-state index >= 15 is 0 Å². The molecule has 1 saturated carbocycles. The molecule has 0 amide bonds. The Morgan fingerprint density at radius 1 is 1.13 bits per heavy atom. The summed E-state index contributed by atoms with van der Waals surface area (Å²) in [4.78, 5) is 11.7. The number of piperidine rings is 1. The van der Waals surface area contributed by atoms with Crippen LogP contribution in [-0.2, 0) is 6.54 Å². The Morgan fingerprint density at radius 2 is 1.81 bits per heavy atom. The van der Waals surface area contributed by atoms with Crippen molar-refractivity contribution >= 4 is 23.3 Å². The zero-order valence-corrected chi connectivity index (χ0v) is 19.7. The third kappa shape index (κ3) is 5.18. The lowest BCUT2D eigenvalue weighted by atomic mass is 9.60. The summed E-state index contributed by atoms with van der Waals surface area (Å²) in [6.07, 6.45) is 9.03. The van der Waals surface area contributed by atoms with Gasteiger partial charge in [0.05, 0.1) is 14.2 Å². The first-order chi connectivity index (χ1) is 15.0. The predicted octanol–water partition coefficient (Wildman–Crippen LogP) is 4.11. The minimum absolute atomic E-state index is 0.490. The third-order valence-electron chi connectivity index (χ3n) is 6.61. The Morgan fingerprint density at radius 3 is 2.42 bits per heavy atom. The van der Waals surface area contributed by atoms with Crippen LogP contribution in [0.3, 0.4) is 0 Å². The average molecular weight is 444 g/mol. The Labute approximate surface area is 189 Å². The highest BCUT2D eigenvalue weighted by molar-refractivity contribution is 7.98. The molecule has 168 valence electrons. The van der Waals surface area contributed by atoms with Crippen LogP contribution in [0.4, 0.5) is 11.5 Å². The van der Waals surface area contributed by atoms with Crippen molar-refractivity contribution in [2.24, 2.45) is 5.41 Å². The average Bonchev–Trinajstić information content (AvgIpc) is 2.78. The topological polar surface area (TPSA) is 71.5 Å². The fraction of sp³-hybridized carbons (Fsp3) is 0.565. The molecule has 8 heteroatoms. The van der Waals surface area contributed by atoms with Crippen LogP contribution < -0.4 is 20.1 Å². The maximum Gasteiger partial charge on any atom is 0.189 e. The third-order valence-corrected chi connectivity index (χ3v) is 7.17. The molecule has 2 aromatic rings. The number of methoxy groups -OCH3 is 2. The molecule has 0 unspecified atom stereocenters. The van der Waals surface area contributed by atoms with Crippen molar-refractivity contribution in [3.8, 4) is 11.5 Å². The summed E-state index contributed by atoms with van der Waals surface area (Å²) in [5, 5.41) is 7.98. The van der Waals surface area contributed by atoms with Crippen LogP contribution in [0.15, 0.2) is 29.6 Å². The molecule has 1 spiro atoms. The zero-order chi connectivity index (χ0) is 21.8. The lowest BCUT2D eigenvalue weighted by Crippen LogP contribution is -2.51. The molecule has 1 aliphatic carbocycles. The maximum absolute atomic E-state index is 5.38. The van der Waals surface area contributed by atoms with Gasteiger partial charge in [0.15, 0.2) is 5.16 Å². The minimum atomic E-state index is 0.490. The first-order valence-electron chi connectivity index (χ1n) is 10.8. The largest absolute Gasteiger partial charge is 0.497 e. The summed E-state index contributed by atoms with van der Waals surface area (Å²) in [6, 6.07) is 6.28. The predicted molar refractivity (Wildman–Crippen MR) is 126 cm³/mol. The molecule has 31 heavy (non-hydrogen) atoms. The second kappa shape index (κ2) is 9.53. The smallest absolute Gasteiger partial charge is 0.189 e. The van der Waals surface area contributed by atoms with E-state index in [0.717, 1.165) is 33.7 Å². The number of hydrogen-bond donors (Lipinski definition) is 2. The normalized spacial score (nSPS) is 18.5. The number of ether oxygens (including phenoxy) is 2. The lowest BCUT2D eigenvalue weighted by molar-refractivity contribution is 0.0326. The fourth-order valence-corrected chi connectivity index (χ4v) is 4.97. The van der Waals surface area contributed by atoms with Crippen LogP contribution in [0.5, 0.6) is 11.5 Å². The van der Waals surface area contributed by atoms with Crippen molar-refractivity contribution in [1.29, 1.82) is 0 Å². The van der Waals surface area contributed by atoms with Gasteiger partial charge in [0.1, 0.15) is 17.3 Å². The Balaban J connectivity index is 1.43. The number of anilines is 2. The second-order valence-corrected chi connectivity index (χ2v) is 9.51. The second-order valence-electron chi connectivity index (χ2n) is 8.74. The summed E-state index contributed by atoms with van der Waals surface area (Å²) < 4.78 is 10.8. The Hall–Kier alpha value is -2.19. The molecule has 0 atom stereocenters. The summed E-state index contributed by atoms with van der Waals surface area (Å²) in [5.41, 5.74) is 2.53. The molecule has 2 fully saturated rings. The van der Waals surface area contributed by atoms with Crippen molar-refractivity contribution in [2.75, 3.05) is 51.2 Å².